The zero-order chi connectivity index (χ0) is 14.7. The van der Waals surface area contributed by atoms with Gasteiger partial charge in [-0.2, -0.15) is 0 Å². The van der Waals surface area contributed by atoms with E-state index in [1.807, 2.05) is 0 Å². The second-order valence-electron chi connectivity index (χ2n) is 4.08. The summed E-state index contributed by atoms with van der Waals surface area (Å²) in [5.41, 5.74) is 0.446. The van der Waals surface area contributed by atoms with Gasteiger partial charge in [0.15, 0.2) is 0 Å². The smallest absolute Gasteiger partial charge is 0.255 e. The van der Waals surface area contributed by atoms with Crippen molar-refractivity contribution < 1.29 is 14.3 Å². The molecule has 104 valence electrons. The predicted molar refractivity (Wildman–Crippen MR) is 78.4 cm³/mol. The SMILES string of the molecule is O=C(NCc1ccc(Br)cc1F)c1ccc(Cl)cc1O. The summed E-state index contributed by atoms with van der Waals surface area (Å²) in [5, 5.41) is 12.5. The van der Waals surface area contributed by atoms with E-state index in [0.717, 1.165) is 0 Å². The first kappa shape index (κ1) is 14.8. The number of amides is 1. The van der Waals surface area contributed by atoms with Gasteiger partial charge in [0, 0.05) is 21.6 Å². The number of nitrogens with one attached hydrogen (secondary N) is 1. The Bertz CT molecular complexity index is 664. The van der Waals surface area contributed by atoms with Crippen molar-refractivity contribution in [2.75, 3.05) is 0 Å². The van der Waals surface area contributed by atoms with E-state index in [9.17, 15) is 14.3 Å². The van der Waals surface area contributed by atoms with Crippen LogP contribution in [-0.4, -0.2) is 11.0 Å². The number of phenolic OH excluding ortho intramolecular Hbond substituents is 1. The Morgan fingerprint density at radius 2 is 2.05 bits per heavy atom. The van der Waals surface area contributed by atoms with E-state index >= 15 is 0 Å². The second-order valence-corrected chi connectivity index (χ2v) is 5.43. The van der Waals surface area contributed by atoms with Crippen LogP contribution in [-0.2, 0) is 6.54 Å². The van der Waals surface area contributed by atoms with E-state index in [4.69, 9.17) is 11.6 Å². The molecule has 0 atom stereocenters. The van der Waals surface area contributed by atoms with Gasteiger partial charge in [-0.15, -0.1) is 0 Å². The quantitative estimate of drug-likeness (QED) is 0.875. The highest BCUT2D eigenvalue weighted by Gasteiger charge is 2.12. The Balaban J connectivity index is 2.08. The highest BCUT2D eigenvalue weighted by molar-refractivity contribution is 9.10. The molecule has 2 aromatic rings. The summed E-state index contributed by atoms with van der Waals surface area (Å²) in [6.45, 7) is 0.0278. The van der Waals surface area contributed by atoms with Gasteiger partial charge >= 0.3 is 0 Å². The van der Waals surface area contributed by atoms with Gasteiger partial charge in [-0.1, -0.05) is 33.6 Å². The highest BCUT2D eigenvalue weighted by atomic mass is 79.9. The van der Waals surface area contributed by atoms with Crippen LogP contribution >= 0.6 is 27.5 Å². The molecule has 6 heteroatoms. The van der Waals surface area contributed by atoms with Crippen LogP contribution in [0.25, 0.3) is 0 Å². The summed E-state index contributed by atoms with van der Waals surface area (Å²) in [6, 6.07) is 8.75. The first-order valence-electron chi connectivity index (χ1n) is 5.68. The molecule has 0 unspecified atom stereocenters. The lowest BCUT2D eigenvalue weighted by Crippen LogP contribution is -2.23. The fourth-order valence-electron chi connectivity index (χ4n) is 1.63. The normalized spacial score (nSPS) is 10.3. The van der Waals surface area contributed by atoms with E-state index in [1.165, 1.54) is 24.3 Å². The Morgan fingerprint density at radius 1 is 1.30 bits per heavy atom. The first-order valence-corrected chi connectivity index (χ1v) is 6.85. The molecule has 2 rings (SSSR count). The van der Waals surface area contributed by atoms with Gasteiger partial charge in [-0.05, 0) is 30.3 Å². The molecule has 0 aliphatic rings. The predicted octanol–water partition coefficient (Wildman–Crippen LogP) is 3.88. The maximum atomic E-state index is 13.6. The molecule has 3 nitrogen and oxygen atoms in total. The molecule has 20 heavy (non-hydrogen) atoms. The molecule has 0 aliphatic heterocycles. The van der Waals surface area contributed by atoms with E-state index in [0.29, 0.717) is 15.1 Å². The number of benzene rings is 2. The molecular formula is C14H10BrClFNO2. The average Bonchev–Trinajstić information content (AvgIpc) is 2.37. The van der Waals surface area contributed by atoms with Crippen molar-refractivity contribution in [3.63, 3.8) is 0 Å². The third-order valence-electron chi connectivity index (χ3n) is 2.66. The molecule has 2 aromatic carbocycles. The number of phenols is 1. The fraction of sp³-hybridized carbons (Fsp3) is 0.0714. The molecule has 0 radical (unpaired) electrons. The maximum absolute atomic E-state index is 13.6. The van der Waals surface area contributed by atoms with Gasteiger partial charge in [0.25, 0.3) is 5.91 Å². The molecule has 0 fully saturated rings. The summed E-state index contributed by atoms with van der Waals surface area (Å²) >= 11 is 8.84. The van der Waals surface area contributed by atoms with Crippen molar-refractivity contribution in [2.24, 2.45) is 0 Å². The van der Waals surface area contributed by atoms with E-state index < -0.39 is 11.7 Å². The highest BCUT2D eigenvalue weighted by Crippen LogP contribution is 2.22. The van der Waals surface area contributed by atoms with Crippen molar-refractivity contribution in [1.82, 2.24) is 5.32 Å². The van der Waals surface area contributed by atoms with Gasteiger partial charge in [0.05, 0.1) is 5.56 Å². The number of halogens is 3. The Morgan fingerprint density at radius 3 is 2.70 bits per heavy atom. The maximum Gasteiger partial charge on any atom is 0.255 e. The van der Waals surface area contributed by atoms with Crippen LogP contribution in [0.15, 0.2) is 40.9 Å². The summed E-state index contributed by atoms with van der Waals surface area (Å²) in [4.78, 5) is 11.9. The van der Waals surface area contributed by atoms with E-state index in [1.54, 1.807) is 12.1 Å². The van der Waals surface area contributed by atoms with Crippen LogP contribution in [0.1, 0.15) is 15.9 Å². The monoisotopic (exact) mass is 357 g/mol. The molecule has 0 bridgehead atoms. The van der Waals surface area contributed by atoms with Crippen molar-refractivity contribution in [3.8, 4) is 5.75 Å². The molecule has 0 saturated heterocycles. The summed E-state index contributed by atoms with van der Waals surface area (Å²) in [7, 11) is 0. The van der Waals surface area contributed by atoms with Crippen LogP contribution < -0.4 is 5.32 Å². The van der Waals surface area contributed by atoms with Gasteiger partial charge in [-0.3, -0.25) is 4.79 Å². The third-order valence-corrected chi connectivity index (χ3v) is 3.39. The van der Waals surface area contributed by atoms with Crippen LogP contribution in [0, 0.1) is 5.82 Å². The molecule has 2 N–H and O–H groups in total. The average molecular weight is 359 g/mol. The van der Waals surface area contributed by atoms with Crippen LogP contribution in [0.3, 0.4) is 0 Å². The van der Waals surface area contributed by atoms with Crippen LogP contribution in [0.5, 0.6) is 5.75 Å². The molecule has 0 spiro atoms. The summed E-state index contributed by atoms with van der Waals surface area (Å²) < 4.78 is 14.2. The number of rotatable bonds is 3. The molecule has 0 heterocycles. The van der Waals surface area contributed by atoms with Gasteiger partial charge in [0.2, 0.25) is 0 Å². The van der Waals surface area contributed by atoms with Gasteiger partial charge in [0.1, 0.15) is 11.6 Å². The number of hydrogen-bond donors (Lipinski definition) is 2. The van der Waals surface area contributed by atoms with Crippen molar-refractivity contribution in [1.29, 1.82) is 0 Å². The Labute approximate surface area is 128 Å². The Kier molecular flexibility index (Phi) is 4.62. The topological polar surface area (TPSA) is 49.3 Å². The summed E-state index contributed by atoms with van der Waals surface area (Å²) in [5.74, 6) is -1.13. The number of carbonyl (C=O) groups excluding carboxylic acids is 1. The lowest BCUT2D eigenvalue weighted by Gasteiger charge is -2.08. The second kappa shape index (κ2) is 6.24. The van der Waals surface area contributed by atoms with Crippen molar-refractivity contribution in [2.45, 2.75) is 6.54 Å². The first-order chi connectivity index (χ1) is 9.47. The molecule has 0 saturated carbocycles. The van der Waals surface area contributed by atoms with E-state index in [2.05, 4.69) is 21.2 Å². The zero-order valence-corrected chi connectivity index (χ0v) is 12.5. The molecule has 0 aliphatic carbocycles. The standard InChI is InChI=1S/C14H10BrClFNO2/c15-9-2-1-8(12(17)5-9)7-18-14(20)11-4-3-10(16)6-13(11)19/h1-6,19H,7H2,(H,18,20). The van der Waals surface area contributed by atoms with Gasteiger partial charge < -0.3 is 10.4 Å². The minimum atomic E-state index is -0.499. The number of aromatic hydroxyl groups is 1. The van der Waals surface area contributed by atoms with Crippen molar-refractivity contribution >= 4 is 33.4 Å². The third kappa shape index (κ3) is 3.49. The molecule has 0 aromatic heterocycles. The zero-order valence-electron chi connectivity index (χ0n) is 10.2. The largest absolute Gasteiger partial charge is 0.507 e. The van der Waals surface area contributed by atoms with Crippen LogP contribution in [0.4, 0.5) is 4.39 Å². The minimum absolute atomic E-state index is 0.0278. The summed E-state index contributed by atoms with van der Waals surface area (Å²) in [6.07, 6.45) is 0. The number of hydrogen-bond acceptors (Lipinski definition) is 2. The lowest BCUT2D eigenvalue weighted by atomic mass is 10.1. The van der Waals surface area contributed by atoms with Gasteiger partial charge in [-0.25, -0.2) is 4.39 Å². The minimum Gasteiger partial charge on any atom is -0.507 e. The molecular weight excluding hydrogens is 349 g/mol. The van der Waals surface area contributed by atoms with Crippen LogP contribution in [0.2, 0.25) is 5.02 Å². The molecule has 1 amide bonds. The van der Waals surface area contributed by atoms with Crippen molar-refractivity contribution in [3.05, 3.63) is 62.8 Å². The lowest BCUT2D eigenvalue weighted by molar-refractivity contribution is 0.0948. The fourth-order valence-corrected chi connectivity index (χ4v) is 2.13. The Hall–Kier alpha value is -1.59. The number of carbonyl (C=O) groups is 1. The van der Waals surface area contributed by atoms with E-state index in [-0.39, 0.29) is 17.9 Å².